The molecule has 3 aliphatic rings. The summed E-state index contributed by atoms with van der Waals surface area (Å²) in [6.45, 7) is 0. The van der Waals surface area contributed by atoms with E-state index in [2.05, 4.69) is 5.32 Å². The molecular formula is C18H20ClNO4S. The van der Waals surface area contributed by atoms with Gasteiger partial charge in [-0.3, -0.25) is 19.7 Å². The lowest BCUT2D eigenvalue weighted by Gasteiger charge is -2.22. The van der Waals surface area contributed by atoms with E-state index in [0.717, 1.165) is 18.2 Å². The summed E-state index contributed by atoms with van der Waals surface area (Å²) in [5.41, 5.74) is 0. The SMILES string of the molecule is O=C(CCC1CCCC1)OC1=CC=CC(/C=C2\SC(=O)NC2=O)C1Cl. The van der Waals surface area contributed by atoms with Crippen molar-refractivity contribution in [3.8, 4) is 0 Å². The highest BCUT2D eigenvalue weighted by Gasteiger charge is 2.30. The molecule has 7 heteroatoms. The van der Waals surface area contributed by atoms with E-state index in [9.17, 15) is 14.4 Å². The van der Waals surface area contributed by atoms with Crippen LogP contribution in [0.5, 0.6) is 0 Å². The highest BCUT2D eigenvalue weighted by Crippen LogP contribution is 2.33. The maximum atomic E-state index is 12.1. The molecule has 2 unspecified atom stereocenters. The third-order valence-corrected chi connectivity index (χ3v) is 5.99. The molecule has 1 N–H and O–H groups in total. The van der Waals surface area contributed by atoms with Crippen LogP contribution in [-0.4, -0.2) is 22.5 Å². The molecule has 0 bridgehead atoms. The Morgan fingerprint density at radius 3 is 2.80 bits per heavy atom. The first kappa shape index (κ1) is 18.3. The Bertz CT molecular complexity index is 664. The van der Waals surface area contributed by atoms with Crippen molar-refractivity contribution in [3.63, 3.8) is 0 Å². The quantitative estimate of drug-likeness (QED) is 0.442. The van der Waals surface area contributed by atoms with Crippen molar-refractivity contribution in [1.82, 2.24) is 5.32 Å². The van der Waals surface area contributed by atoms with E-state index in [-0.39, 0.29) is 11.9 Å². The Kier molecular flexibility index (Phi) is 6.02. The molecule has 2 fully saturated rings. The van der Waals surface area contributed by atoms with Crippen molar-refractivity contribution >= 4 is 40.5 Å². The number of nitrogens with one attached hydrogen (secondary N) is 1. The maximum absolute atomic E-state index is 12.1. The van der Waals surface area contributed by atoms with Crippen LogP contribution < -0.4 is 5.32 Å². The Morgan fingerprint density at radius 2 is 2.12 bits per heavy atom. The summed E-state index contributed by atoms with van der Waals surface area (Å²) < 4.78 is 5.44. The van der Waals surface area contributed by atoms with E-state index >= 15 is 0 Å². The van der Waals surface area contributed by atoms with E-state index in [1.807, 2.05) is 6.08 Å². The first-order chi connectivity index (χ1) is 12.0. The Hall–Kier alpha value is -1.53. The molecule has 0 aromatic carbocycles. The minimum atomic E-state index is -0.586. The van der Waals surface area contributed by atoms with Gasteiger partial charge in [-0.15, -0.1) is 11.6 Å². The van der Waals surface area contributed by atoms with Gasteiger partial charge in [-0.2, -0.15) is 0 Å². The second-order valence-electron chi connectivity index (χ2n) is 6.47. The summed E-state index contributed by atoms with van der Waals surface area (Å²) >= 11 is 7.26. The number of ether oxygens (including phenoxy) is 1. The summed E-state index contributed by atoms with van der Waals surface area (Å²) in [4.78, 5) is 35.3. The van der Waals surface area contributed by atoms with E-state index in [4.69, 9.17) is 16.3 Å². The summed E-state index contributed by atoms with van der Waals surface area (Å²) in [5.74, 6) is 0.0127. The van der Waals surface area contributed by atoms with Gasteiger partial charge >= 0.3 is 5.97 Å². The zero-order chi connectivity index (χ0) is 17.8. The van der Waals surface area contributed by atoms with Crippen LogP contribution in [-0.2, 0) is 14.3 Å². The average Bonchev–Trinajstić information content (AvgIpc) is 3.19. The Labute approximate surface area is 155 Å². The molecule has 5 nitrogen and oxygen atoms in total. The lowest BCUT2D eigenvalue weighted by molar-refractivity contribution is -0.140. The summed E-state index contributed by atoms with van der Waals surface area (Å²) in [6, 6.07) is 0. The van der Waals surface area contributed by atoms with Gasteiger partial charge in [-0.25, -0.2) is 0 Å². The van der Waals surface area contributed by atoms with Gasteiger partial charge in [0.1, 0.15) is 11.1 Å². The fourth-order valence-corrected chi connectivity index (χ4v) is 4.29. The van der Waals surface area contributed by atoms with Crippen LogP contribution in [0.3, 0.4) is 0 Å². The highest BCUT2D eigenvalue weighted by molar-refractivity contribution is 8.18. The minimum Gasteiger partial charge on any atom is -0.429 e. The molecule has 0 spiro atoms. The molecule has 134 valence electrons. The third kappa shape index (κ3) is 4.76. The minimum absolute atomic E-state index is 0.270. The van der Waals surface area contributed by atoms with E-state index in [1.165, 1.54) is 25.7 Å². The molecule has 1 saturated carbocycles. The number of hydrogen-bond donors (Lipinski definition) is 1. The predicted octanol–water partition coefficient (Wildman–Crippen LogP) is 4.04. The molecule has 2 amide bonds. The molecule has 2 aliphatic carbocycles. The van der Waals surface area contributed by atoms with Crippen LogP contribution in [0.4, 0.5) is 4.79 Å². The normalized spacial score (nSPS) is 28.4. The van der Waals surface area contributed by atoms with Gasteiger partial charge < -0.3 is 4.74 Å². The molecule has 1 heterocycles. The van der Waals surface area contributed by atoms with Crippen molar-refractivity contribution < 1.29 is 19.1 Å². The van der Waals surface area contributed by atoms with Crippen molar-refractivity contribution in [3.05, 3.63) is 35.0 Å². The van der Waals surface area contributed by atoms with Crippen LogP contribution in [0.15, 0.2) is 35.0 Å². The number of thioether (sulfide) groups is 1. The van der Waals surface area contributed by atoms with Crippen LogP contribution in [0.1, 0.15) is 38.5 Å². The van der Waals surface area contributed by atoms with Crippen molar-refractivity contribution in [1.29, 1.82) is 0 Å². The van der Waals surface area contributed by atoms with Crippen LogP contribution in [0, 0.1) is 11.8 Å². The number of alkyl halides is 1. The first-order valence-corrected chi connectivity index (χ1v) is 9.76. The third-order valence-electron chi connectivity index (χ3n) is 4.65. The van der Waals surface area contributed by atoms with Gasteiger partial charge in [-0.05, 0) is 30.2 Å². The largest absolute Gasteiger partial charge is 0.429 e. The second kappa shape index (κ2) is 8.23. The van der Waals surface area contributed by atoms with Gasteiger partial charge in [0.05, 0.1) is 4.91 Å². The zero-order valence-electron chi connectivity index (χ0n) is 13.7. The first-order valence-electron chi connectivity index (χ1n) is 8.51. The smallest absolute Gasteiger partial charge is 0.310 e. The summed E-state index contributed by atoms with van der Waals surface area (Å²) in [7, 11) is 0. The molecule has 25 heavy (non-hydrogen) atoms. The van der Waals surface area contributed by atoms with E-state index < -0.39 is 16.5 Å². The molecule has 0 aromatic heterocycles. The maximum Gasteiger partial charge on any atom is 0.310 e. The number of carbonyl (C=O) groups is 3. The van der Waals surface area contributed by atoms with Crippen LogP contribution in [0.2, 0.25) is 0 Å². The van der Waals surface area contributed by atoms with Crippen molar-refractivity contribution in [2.45, 2.75) is 43.9 Å². The fraction of sp³-hybridized carbons (Fsp3) is 0.500. The lowest BCUT2D eigenvalue weighted by Crippen LogP contribution is -2.22. The molecule has 1 saturated heterocycles. The standard InChI is InChI=1S/C18H20ClNO4S/c19-16-12(10-14-17(22)20-18(23)25-14)6-3-7-13(16)24-15(21)9-8-11-4-1-2-5-11/h3,6-7,10-12,16H,1-2,4-5,8-9H2,(H,20,22,23)/b14-10-. The molecular weight excluding hydrogens is 362 g/mol. The zero-order valence-corrected chi connectivity index (χ0v) is 15.3. The molecule has 0 radical (unpaired) electrons. The number of hydrogen-bond acceptors (Lipinski definition) is 5. The fourth-order valence-electron chi connectivity index (χ4n) is 3.30. The molecule has 1 aliphatic heterocycles. The highest BCUT2D eigenvalue weighted by atomic mass is 35.5. The number of rotatable bonds is 5. The average molecular weight is 382 g/mol. The number of carbonyl (C=O) groups excluding carboxylic acids is 3. The van der Waals surface area contributed by atoms with Gasteiger partial charge in [-0.1, -0.05) is 43.9 Å². The summed E-state index contributed by atoms with van der Waals surface area (Å²) in [6.07, 6.45) is 13.0. The van der Waals surface area contributed by atoms with Gasteiger partial charge in [0.2, 0.25) is 0 Å². The van der Waals surface area contributed by atoms with Gasteiger partial charge in [0, 0.05) is 12.3 Å². The predicted molar refractivity (Wildman–Crippen MR) is 96.9 cm³/mol. The number of esters is 1. The van der Waals surface area contributed by atoms with E-state index in [0.29, 0.717) is 23.0 Å². The Morgan fingerprint density at radius 1 is 1.36 bits per heavy atom. The number of amides is 2. The Balaban J connectivity index is 1.55. The van der Waals surface area contributed by atoms with Gasteiger partial charge in [0.15, 0.2) is 0 Å². The molecule has 2 atom stereocenters. The van der Waals surface area contributed by atoms with Crippen molar-refractivity contribution in [2.24, 2.45) is 11.8 Å². The van der Waals surface area contributed by atoms with Crippen LogP contribution >= 0.6 is 23.4 Å². The van der Waals surface area contributed by atoms with Crippen molar-refractivity contribution in [2.75, 3.05) is 0 Å². The van der Waals surface area contributed by atoms with E-state index in [1.54, 1.807) is 18.2 Å². The lowest BCUT2D eigenvalue weighted by atomic mass is 9.98. The summed E-state index contributed by atoms with van der Waals surface area (Å²) in [5, 5.41) is 1.23. The number of halogens is 1. The van der Waals surface area contributed by atoms with Crippen LogP contribution in [0.25, 0.3) is 0 Å². The number of imide groups is 1. The van der Waals surface area contributed by atoms with Gasteiger partial charge in [0.25, 0.3) is 11.1 Å². The monoisotopic (exact) mass is 381 g/mol. The number of allylic oxidation sites excluding steroid dienone is 5. The molecule has 0 aromatic rings. The second-order valence-corrected chi connectivity index (χ2v) is 7.96. The molecule has 3 rings (SSSR count). The topological polar surface area (TPSA) is 72.5 Å².